The van der Waals surface area contributed by atoms with E-state index < -0.39 is 34.3 Å². The molecule has 0 spiro atoms. The van der Waals surface area contributed by atoms with Crippen molar-refractivity contribution in [3.63, 3.8) is 0 Å². The number of sulfonamides is 1. The Balaban J connectivity index is 1.77. The van der Waals surface area contributed by atoms with Crippen molar-refractivity contribution in [3.8, 4) is 0 Å². The van der Waals surface area contributed by atoms with Crippen molar-refractivity contribution in [1.29, 1.82) is 0 Å². The van der Waals surface area contributed by atoms with E-state index in [1.54, 1.807) is 24.3 Å². The van der Waals surface area contributed by atoms with Crippen LogP contribution in [-0.2, 0) is 19.6 Å². The van der Waals surface area contributed by atoms with Gasteiger partial charge >= 0.3 is 0 Å². The smallest absolute Gasteiger partial charge is 0.245 e. The first-order chi connectivity index (χ1) is 14.3. The maximum atomic E-state index is 13.7. The second-order valence-electron chi connectivity index (χ2n) is 8.59. The maximum Gasteiger partial charge on any atom is 0.245 e. The lowest BCUT2D eigenvalue weighted by Crippen LogP contribution is -2.48. The Bertz CT molecular complexity index is 1000. The molecule has 0 amide bonds. The second-order valence-corrected chi connectivity index (χ2v) is 10.4. The molecule has 0 aromatic heterocycles. The first-order valence-corrected chi connectivity index (χ1v) is 12.1. The summed E-state index contributed by atoms with van der Waals surface area (Å²) in [6.45, 7) is 5.73. The fourth-order valence-corrected chi connectivity index (χ4v) is 6.47. The number of Topliss-reactive ketones (excluding diaryl/α,β-unsaturated/α-hetero) is 1. The van der Waals surface area contributed by atoms with Gasteiger partial charge in [0, 0.05) is 5.92 Å². The van der Waals surface area contributed by atoms with Crippen LogP contribution in [0.4, 0.5) is 0 Å². The van der Waals surface area contributed by atoms with E-state index in [0.29, 0.717) is 6.42 Å². The van der Waals surface area contributed by atoms with Gasteiger partial charge in [-0.3, -0.25) is 4.79 Å². The Kier molecular flexibility index (Phi) is 5.84. The van der Waals surface area contributed by atoms with Gasteiger partial charge in [-0.05, 0) is 44.4 Å². The predicted molar refractivity (Wildman–Crippen MR) is 115 cm³/mol. The molecule has 1 aliphatic heterocycles. The van der Waals surface area contributed by atoms with E-state index >= 15 is 0 Å². The summed E-state index contributed by atoms with van der Waals surface area (Å²) in [5, 5.41) is 0. The first-order valence-electron chi connectivity index (χ1n) is 10.6. The fourth-order valence-electron chi connectivity index (χ4n) is 4.73. The van der Waals surface area contributed by atoms with Crippen molar-refractivity contribution >= 4 is 15.8 Å². The molecule has 1 saturated heterocycles. The minimum Gasteiger partial charge on any atom is -0.352 e. The lowest BCUT2D eigenvalue weighted by atomic mass is 9.80. The molecule has 2 fully saturated rings. The largest absolute Gasteiger partial charge is 0.352 e. The molecule has 4 rings (SSSR count). The van der Waals surface area contributed by atoms with Gasteiger partial charge in [-0.2, -0.15) is 4.31 Å². The van der Waals surface area contributed by atoms with Crippen molar-refractivity contribution in [2.45, 2.75) is 63.3 Å². The third-order valence-electron chi connectivity index (χ3n) is 6.45. The number of hydrogen-bond donors (Lipinski definition) is 0. The molecule has 6 heteroatoms. The molecule has 5 nitrogen and oxygen atoms in total. The number of ether oxygens (including phenoxy) is 1. The Morgan fingerprint density at radius 3 is 2.30 bits per heavy atom. The highest BCUT2D eigenvalue weighted by Crippen LogP contribution is 2.44. The maximum absolute atomic E-state index is 13.7. The van der Waals surface area contributed by atoms with Crippen LogP contribution in [0.15, 0.2) is 59.5 Å². The van der Waals surface area contributed by atoms with Crippen molar-refractivity contribution < 1.29 is 17.9 Å². The molecule has 2 aromatic rings. The molecule has 0 N–H and O–H groups in total. The minimum atomic E-state index is -3.83. The molecule has 2 aliphatic rings. The SMILES string of the molecule is Cc1ccc(S(=O)(=O)N2[C@H](C3CCCC(C)C3=O)O[C@@H](c3ccccc3)[C@@H]2C)cc1. The number of carbonyl (C=O) groups excluding carboxylic acids is 1. The third-order valence-corrected chi connectivity index (χ3v) is 8.41. The van der Waals surface area contributed by atoms with E-state index in [1.807, 2.05) is 51.1 Å². The monoisotopic (exact) mass is 427 g/mol. The van der Waals surface area contributed by atoms with E-state index in [9.17, 15) is 13.2 Å². The number of hydrogen-bond acceptors (Lipinski definition) is 4. The molecular weight excluding hydrogens is 398 g/mol. The summed E-state index contributed by atoms with van der Waals surface area (Å²) in [7, 11) is -3.83. The Morgan fingerprint density at radius 1 is 0.967 bits per heavy atom. The van der Waals surface area contributed by atoms with Gasteiger partial charge in [0.2, 0.25) is 10.0 Å². The Hall–Kier alpha value is -2.02. The van der Waals surface area contributed by atoms with Gasteiger partial charge in [-0.15, -0.1) is 0 Å². The van der Waals surface area contributed by atoms with Gasteiger partial charge in [0.1, 0.15) is 18.1 Å². The number of ketones is 1. The van der Waals surface area contributed by atoms with Gasteiger partial charge in [0.15, 0.2) is 0 Å². The van der Waals surface area contributed by atoms with E-state index in [1.165, 1.54) is 4.31 Å². The zero-order chi connectivity index (χ0) is 21.5. The average Bonchev–Trinajstić information content (AvgIpc) is 3.08. The average molecular weight is 428 g/mol. The van der Waals surface area contributed by atoms with E-state index in [4.69, 9.17) is 4.74 Å². The van der Waals surface area contributed by atoms with Crippen LogP contribution in [0.5, 0.6) is 0 Å². The summed E-state index contributed by atoms with van der Waals surface area (Å²) in [5.41, 5.74) is 1.92. The quantitative estimate of drug-likeness (QED) is 0.722. The van der Waals surface area contributed by atoms with Gasteiger partial charge in [0.25, 0.3) is 0 Å². The van der Waals surface area contributed by atoms with Crippen LogP contribution in [0.2, 0.25) is 0 Å². The Morgan fingerprint density at radius 2 is 1.63 bits per heavy atom. The second kappa shape index (κ2) is 8.25. The highest BCUT2D eigenvalue weighted by Gasteiger charge is 2.52. The third kappa shape index (κ3) is 3.72. The summed E-state index contributed by atoms with van der Waals surface area (Å²) in [6, 6.07) is 16.1. The standard InChI is InChI=1S/C24H29NO4S/c1-16-12-14-20(15-13-16)30(27,28)25-18(3)23(19-9-5-4-6-10-19)29-24(25)21-11-7-8-17(2)22(21)26/h4-6,9-10,12-15,17-18,21,23-24H,7-8,11H2,1-3H3/t17?,18-,21?,23+,24-/m0/s1. The number of benzene rings is 2. The van der Waals surface area contributed by atoms with E-state index in [0.717, 1.165) is 24.0 Å². The molecule has 1 heterocycles. The zero-order valence-corrected chi connectivity index (χ0v) is 18.5. The molecular formula is C24H29NO4S. The molecule has 5 atom stereocenters. The van der Waals surface area contributed by atoms with Crippen LogP contribution < -0.4 is 0 Å². The van der Waals surface area contributed by atoms with Crippen molar-refractivity contribution in [2.75, 3.05) is 0 Å². The number of aryl methyl sites for hydroxylation is 1. The van der Waals surface area contributed by atoms with Gasteiger partial charge in [-0.1, -0.05) is 61.4 Å². The first kappa shape index (κ1) is 21.2. The van der Waals surface area contributed by atoms with Gasteiger partial charge in [-0.25, -0.2) is 8.42 Å². The van der Waals surface area contributed by atoms with Crippen molar-refractivity contribution in [3.05, 3.63) is 65.7 Å². The van der Waals surface area contributed by atoms with E-state index in [2.05, 4.69) is 0 Å². The molecule has 160 valence electrons. The van der Waals surface area contributed by atoms with Crippen molar-refractivity contribution in [2.24, 2.45) is 11.8 Å². The molecule has 30 heavy (non-hydrogen) atoms. The highest BCUT2D eigenvalue weighted by molar-refractivity contribution is 7.89. The van der Waals surface area contributed by atoms with Crippen LogP contribution in [-0.4, -0.2) is 30.8 Å². The summed E-state index contributed by atoms with van der Waals surface area (Å²) in [4.78, 5) is 13.2. The topological polar surface area (TPSA) is 63.7 Å². The minimum absolute atomic E-state index is 0.0673. The molecule has 1 aliphatic carbocycles. The van der Waals surface area contributed by atoms with Crippen LogP contribution in [0, 0.1) is 18.8 Å². The zero-order valence-electron chi connectivity index (χ0n) is 17.7. The molecule has 0 radical (unpaired) electrons. The molecule has 0 bridgehead atoms. The normalized spacial score (nSPS) is 30.5. The lowest BCUT2D eigenvalue weighted by molar-refractivity contribution is -0.137. The molecule has 1 saturated carbocycles. The lowest BCUT2D eigenvalue weighted by Gasteiger charge is -2.34. The van der Waals surface area contributed by atoms with Crippen LogP contribution in [0.3, 0.4) is 0 Å². The summed E-state index contributed by atoms with van der Waals surface area (Å²) >= 11 is 0. The molecule has 2 aromatic carbocycles. The predicted octanol–water partition coefficient (Wildman–Crippen LogP) is 4.48. The van der Waals surface area contributed by atoms with Gasteiger partial charge in [0.05, 0.1) is 16.9 Å². The number of nitrogens with zero attached hydrogens (tertiary/aromatic N) is 1. The highest BCUT2D eigenvalue weighted by atomic mass is 32.2. The van der Waals surface area contributed by atoms with Crippen molar-refractivity contribution in [1.82, 2.24) is 4.31 Å². The van der Waals surface area contributed by atoms with E-state index in [-0.39, 0.29) is 16.6 Å². The molecule has 2 unspecified atom stereocenters. The summed E-state index contributed by atoms with van der Waals surface area (Å²) < 4.78 is 35.3. The van der Waals surface area contributed by atoms with Crippen LogP contribution in [0.25, 0.3) is 0 Å². The van der Waals surface area contributed by atoms with Gasteiger partial charge < -0.3 is 4.74 Å². The Labute approximate surface area is 179 Å². The summed E-state index contributed by atoms with van der Waals surface area (Å²) in [5.74, 6) is -0.399. The number of rotatable bonds is 4. The number of carbonyl (C=O) groups is 1. The van der Waals surface area contributed by atoms with Crippen LogP contribution in [0.1, 0.15) is 50.3 Å². The fraction of sp³-hybridized carbons (Fsp3) is 0.458. The van der Waals surface area contributed by atoms with Crippen LogP contribution >= 0.6 is 0 Å². The summed E-state index contributed by atoms with van der Waals surface area (Å²) in [6.07, 6.45) is 1.21.